The van der Waals surface area contributed by atoms with Crippen molar-refractivity contribution in [3.05, 3.63) is 70.0 Å². The molecular formula is C15H10ClF3O. The number of carbonyl (C=O) groups excluding carboxylic acids is 1. The summed E-state index contributed by atoms with van der Waals surface area (Å²) in [6, 6.07) is 6.74. The van der Waals surface area contributed by atoms with Gasteiger partial charge in [0.15, 0.2) is 0 Å². The Morgan fingerprint density at radius 3 is 2.20 bits per heavy atom. The fraction of sp³-hybridized carbons (Fsp3) is 0.133. The van der Waals surface area contributed by atoms with Gasteiger partial charge in [0.2, 0.25) is 0 Å². The second kappa shape index (κ2) is 6.09. The highest BCUT2D eigenvalue weighted by atomic mass is 35.5. The lowest BCUT2D eigenvalue weighted by molar-refractivity contribution is -0.117. The van der Waals surface area contributed by atoms with Gasteiger partial charge >= 0.3 is 0 Å². The lowest BCUT2D eigenvalue weighted by atomic mass is 10.0. The van der Waals surface area contributed by atoms with Crippen LogP contribution in [0.1, 0.15) is 11.1 Å². The van der Waals surface area contributed by atoms with E-state index in [0.717, 1.165) is 12.1 Å². The maximum absolute atomic E-state index is 13.4. The summed E-state index contributed by atoms with van der Waals surface area (Å²) in [5, 5.41) is 0.277. The van der Waals surface area contributed by atoms with Crippen LogP contribution in [0.3, 0.4) is 0 Å². The number of benzene rings is 2. The van der Waals surface area contributed by atoms with E-state index in [2.05, 4.69) is 0 Å². The van der Waals surface area contributed by atoms with Crippen molar-refractivity contribution in [1.82, 2.24) is 0 Å². The first-order chi connectivity index (χ1) is 9.45. The molecule has 1 nitrogen and oxygen atoms in total. The quantitative estimate of drug-likeness (QED) is 0.830. The van der Waals surface area contributed by atoms with E-state index in [4.69, 9.17) is 11.6 Å². The van der Waals surface area contributed by atoms with Gasteiger partial charge in [-0.3, -0.25) is 4.79 Å². The van der Waals surface area contributed by atoms with E-state index in [1.807, 2.05) is 0 Å². The number of halogens is 4. The summed E-state index contributed by atoms with van der Waals surface area (Å²) in [6.07, 6.45) is -0.299. The van der Waals surface area contributed by atoms with Crippen LogP contribution in [0, 0.1) is 17.5 Å². The molecule has 0 atom stereocenters. The molecule has 0 aliphatic heterocycles. The van der Waals surface area contributed by atoms with Crippen LogP contribution in [0.2, 0.25) is 5.02 Å². The minimum absolute atomic E-state index is 0.101. The summed E-state index contributed by atoms with van der Waals surface area (Å²) in [5.74, 6) is -2.30. The Bertz CT molecular complexity index is 656. The van der Waals surface area contributed by atoms with Crippen LogP contribution >= 0.6 is 11.6 Å². The van der Waals surface area contributed by atoms with Crippen LogP contribution in [-0.2, 0) is 17.6 Å². The SMILES string of the molecule is O=C(Cc1ccc(F)cc1F)Cc1cc(F)ccc1Cl. The van der Waals surface area contributed by atoms with Crippen LogP contribution in [-0.4, -0.2) is 5.78 Å². The largest absolute Gasteiger partial charge is 0.299 e. The summed E-state index contributed by atoms with van der Waals surface area (Å²) in [4.78, 5) is 11.8. The first-order valence-corrected chi connectivity index (χ1v) is 6.23. The van der Waals surface area contributed by atoms with Crippen molar-refractivity contribution in [3.63, 3.8) is 0 Å². The van der Waals surface area contributed by atoms with Crippen molar-refractivity contribution in [3.8, 4) is 0 Å². The Morgan fingerprint density at radius 1 is 0.900 bits per heavy atom. The predicted octanol–water partition coefficient (Wildman–Crippen LogP) is 4.11. The summed E-state index contributed by atoms with van der Waals surface area (Å²) >= 11 is 5.85. The Kier molecular flexibility index (Phi) is 4.45. The van der Waals surface area contributed by atoms with Crippen molar-refractivity contribution in [2.24, 2.45) is 0 Å². The zero-order valence-electron chi connectivity index (χ0n) is 10.3. The zero-order chi connectivity index (χ0) is 14.7. The van der Waals surface area contributed by atoms with Crippen molar-refractivity contribution >= 4 is 17.4 Å². The number of Topliss-reactive ketones (excluding diaryl/α,β-unsaturated/α-hetero) is 1. The van der Waals surface area contributed by atoms with Gasteiger partial charge < -0.3 is 0 Å². The van der Waals surface area contributed by atoms with Crippen LogP contribution in [0.25, 0.3) is 0 Å². The van der Waals surface area contributed by atoms with Crippen molar-refractivity contribution in [1.29, 1.82) is 0 Å². The Hall–Kier alpha value is -1.81. The van der Waals surface area contributed by atoms with Crippen LogP contribution in [0.5, 0.6) is 0 Å². The first-order valence-electron chi connectivity index (χ1n) is 5.85. The molecule has 2 aromatic rings. The topological polar surface area (TPSA) is 17.1 Å². The molecule has 0 saturated carbocycles. The highest BCUT2D eigenvalue weighted by molar-refractivity contribution is 6.31. The highest BCUT2D eigenvalue weighted by Gasteiger charge is 2.12. The third kappa shape index (κ3) is 3.61. The van der Waals surface area contributed by atoms with Crippen LogP contribution < -0.4 is 0 Å². The average Bonchev–Trinajstić information content (AvgIpc) is 2.37. The van der Waals surface area contributed by atoms with E-state index in [1.54, 1.807) is 0 Å². The summed E-state index contributed by atoms with van der Waals surface area (Å²) < 4.78 is 39.2. The third-order valence-corrected chi connectivity index (χ3v) is 3.17. The van der Waals surface area contributed by atoms with E-state index >= 15 is 0 Å². The molecule has 0 radical (unpaired) electrons. The molecule has 0 bridgehead atoms. The molecule has 0 aliphatic carbocycles. The number of carbonyl (C=O) groups is 1. The Balaban J connectivity index is 2.11. The number of ketones is 1. The molecule has 0 aromatic heterocycles. The molecule has 0 fully saturated rings. The molecule has 0 saturated heterocycles. The lowest BCUT2D eigenvalue weighted by Gasteiger charge is -2.05. The minimum atomic E-state index is -0.774. The van der Waals surface area contributed by atoms with Crippen LogP contribution in [0.4, 0.5) is 13.2 Å². The highest BCUT2D eigenvalue weighted by Crippen LogP contribution is 2.19. The molecule has 0 N–H and O–H groups in total. The van der Waals surface area contributed by atoms with Gasteiger partial charge in [0.05, 0.1) is 0 Å². The van der Waals surface area contributed by atoms with Crippen molar-refractivity contribution < 1.29 is 18.0 Å². The molecule has 0 unspecified atom stereocenters. The van der Waals surface area contributed by atoms with Gasteiger partial charge in [-0.25, -0.2) is 13.2 Å². The normalized spacial score (nSPS) is 10.6. The van der Waals surface area contributed by atoms with Gasteiger partial charge in [0.25, 0.3) is 0 Å². The summed E-state index contributed by atoms with van der Waals surface area (Å²) in [7, 11) is 0. The van der Waals surface area contributed by atoms with Gasteiger partial charge in [-0.15, -0.1) is 0 Å². The lowest BCUT2D eigenvalue weighted by Crippen LogP contribution is -2.08. The summed E-state index contributed by atoms with van der Waals surface area (Å²) in [6.45, 7) is 0. The molecule has 0 heterocycles. The maximum Gasteiger partial charge on any atom is 0.141 e. The molecule has 0 spiro atoms. The van der Waals surface area contributed by atoms with Gasteiger partial charge in [0, 0.05) is 23.9 Å². The van der Waals surface area contributed by atoms with E-state index in [0.29, 0.717) is 5.56 Å². The number of rotatable bonds is 4. The Labute approximate surface area is 119 Å². The first kappa shape index (κ1) is 14.6. The molecule has 5 heteroatoms. The number of hydrogen-bond donors (Lipinski definition) is 0. The van der Waals surface area contributed by atoms with Crippen LogP contribution in [0.15, 0.2) is 36.4 Å². The van der Waals surface area contributed by atoms with Gasteiger partial charge in [-0.05, 0) is 35.4 Å². The average molecular weight is 299 g/mol. The van der Waals surface area contributed by atoms with Gasteiger partial charge in [-0.1, -0.05) is 17.7 Å². The molecule has 2 aromatic carbocycles. The van der Waals surface area contributed by atoms with Gasteiger partial charge in [0.1, 0.15) is 23.2 Å². The molecule has 2 rings (SSSR count). The van der Waals surface area contributed by atoms with Crippen molar-refractivity contribution in [2.75, 3.05) is 0 Å². The molecule has 0 amide bonds. The molecule has 20 heavy (non-hydrogen) atoms. The molecular weight excluding hydrogens is 289 g/mol. The van der Waals surface area contributed by atoms with Gasteiger partial charge in [-0.2, -0.15) is 0 Å². The second-order valence-corrected chi connectivity index (χ2v) is 4.77. The van der Waals surface area contributed by atoms with Crippen molar-refractivity contribution in [2.45, 2.75) is 12.8 Å². The minimum Gasteiger partial charge on any atom is -0.299 e. The van der Waals surface area contributed by atoms with E-state index in [9.17, 15) is 18.0 Å². The predicted molar refractivity (Wildman–Crippen MR) is 70.2 cm³/mol. The second-order valence-electron chi connectivity index (χ2n) is 4.36. The summed E-state index contributed by atoms with van der Waals surface area (Å²) in [5.41, 5.74) is 0.447. The monoisotopic (exact) mass is 298 g/mol. The van der Waals surface area contributed by atoms with E-state index in [-0.39, 0.29) is 29.2 Å². The Morgan fingerprint density at radius 2 is 1.50 bits per heavy atom. The third-order valence-electron chi connectivity index (χ3n) is 2.80. The fourth-order valence-corrected chi connectivity index (χ4v) is 2.02. The smallest absolute Gasteiger partial charge is 0.141 e. The fourth-order valence-electron chi connectivity index (χ4n) is 1.83. The molecule has 104 valence electrons. The molecule has 0 aliphatic rings. The standard InChI is InChI=1S/C15H10ClF3O/c16-14-4-3-11(17)5-10(14)7-13(20)6-9-1-2-12(18)8-15(9)19/h1-5,8H,6-7H2. The maximum atomic E-state index is 13.4. The van der Waals surface area contributed by atoms with E-state index in [1.165, 1.54) is 24.3 Å². The van der Waals surface area contributed by atoms with E-state index < -0.39 is 17.5 Å². The zero-order valence-corrected chi connectivity index (χ0v) is 11.1. The number of hydrogen-bond acceptors (Lipinski definition) is 1.